The molecule has 1 aliphatic rings. The monoisotopic (exact) mass is 521 g/mol. The highest BCUT2D eigenvalue weighted by Gasteiger charge is 2.32. The summed E-state index contributed by atoms with van der Waals surface area (Å²) in [5, 5.41) is 5.85. The maximum Gasteiger partial charge on any atom is 0.254 e. The van der Waals surface area contributed by atoms with Crippen LogP contribution in [0.4, 0.5) is 0 Å². The number of carbonyl (C=O) groups excluding carboxylic acids is 1. The average molecular weight is 522 g/mol. The molecule has 0 aliphatic carbocycles. The van der Waals surface area contributed by atoms with Gasteiger partial charge in [-0.1, -0.05) is 53.5 Å². The van der Waals surface area contributed by atoms with E-state index in [2.05, 4.69) is 34.7 Å². The van der Waals surface area contributed by atoms with Crippen molar-refractivity contribution in [2.45, 2.75) is 37.9 Å². The molecule has 1 aliphatic heterocycles. The lowest BCUT2D eigenvalue weighted by molar-refractivity contribution is 0.0576. The molecule has 5 rings (SSSR count). The first kappa shape index (κ1) is 24.7. The van der Waals surface area contributed by atoms with Crippen LogP contribution in [-0.4, -0.2) is 41.5 Å². The molecule has 0 radical (unpaired) electrons. The highest BCUT2D eigenvalue weighted by Crippen LogP contribution is 2.28. The Morgan fingerprint density at radius 3 is 2.61 bits per heavy atom. The Kier molecular flexibility index (Phi) is 7.51. The minimum atomic E-state index is -0.0255. The number of hydrogen-bond acceptors (Lipinski definition) is 3. The van der Waals surface area contributed by atoms with Crippen molar-refractivity contribution in [1.82, 2.24) is 15.2 Å². The molecule has 5 nitrogen and oxygen atoms in total. The van der Waals surface area contributed by atoms with Crippen LogP contribution < -0.4 is 10.1 Å². The van der Waals surface area contributed by atoms with Crippen LogP contribution in [-0.2, 0) is 13.0 Å². The van der Waals surface area contributed by atoms with Gasteiger partial charge in [0.25, 0.3) is 5.91 Å². The van der Waals surface area contributed by atoms with E-state index in [9.17, 15) is 4.79 Å². The molecule has 2 atom stereocenters. The SMILES string of the molecule is COc1ccc2[nH]cc(CN[C@H]3CCN(C(=O)c4cc(Cl)cc(Cl)c4)[C@H](Cc4ccccc4)C3)c2c1. The number of fused-ring (bicyclic) bond motifs is 1. The van der Waals surface area contributed by atoms with Crippen molar-refractivity contribution in [1.29, 1.82) is 0 Å². The number of piperidine rings is 1. The highest BCUT2D eigenvalue weighted by atomic mass is 35.5. The Bertz CT molecular complexity index is 1340. The molecular weight excluding hydrogens is 493 g/mol. The standard InChI is InChI=1S/C29H29Cl2N3O2/c1-36-26-7-8-28-27(16-26)21(18-33-28)17-32-24-9-10-34(25(15-24)11-19-5-3-2-4-6-19)29(35)20-12-22(30)14-23(31)13-20/h2-8,12-14,16,18,24-25,32-33H,9-11,15,17H2,1H3/t24-,25+/m0/s1. The summed E-state index contributed by atoms with van der Waals surface area (Å²) < 4.78 is 5.41. The van der Waals surface area contributed by atoms with Crippen LogP contribution in [0.15, 0.2) is 72.9 Å². The number of amides is 1. The lowest BCUT2D eigenvalue weighted by Gasteiger charge is -2.40. The summed E-state index contributed by atoms with van der Waals surface area (Å²) in [5.74, 6) is 0.821. The van der Waals surface area contributed by atoms with Gasteiger partial charge in [-0.05, 0) is 66.8 Å². The Hall–Kier alpha value is -2.99. The summed E-state index contributed by atoms with van der Waals surface area (Å²) in [6.45, 7) is 1.41. The minimum Gasteiger partial charge on any atom is -0.497 e. The van der Waals surface area contributed by atoms with Crippen molar-refractivity contribution in [2.24, 2.45) is 0 Å². The molecule has 2 heterocycles. The van der Waals surface area contributed by atoms with Gasteiger partial charge in [0.2, 0.25) is 0 Å². The number of nitrogens with zero attached hydrogens (tertiary/aromatic N) is 1. The first-order chi connectivity index (χ1) is 17.5. The van der Waals surface area contributed by atoms with Crippen LogP contribution in [0.2, 0.25) is 10.0 Å². The number of benzene rings is 3. The second-order valence-electron chi connectivity index (χ2n) is 9.33. The predicted molar refractivity (Wildman–Crippen MR) is 146 cm³/mol. The predicted octanol–water partition coefficient (Wildman–Crippen LogP) is 6.49. The van der Waals surface area contributed by atoms with E-state index < -0.39 is 0 Å². The largest absolute Gasteiger partial charge is 0.497 e. The van der Waals surface area contributed by atoms with Crippen molar-refractivity contribution in [3.63, 3.8) is 0 Å². The van der Waals surface area contributed by atoms with Gasteiger partial charge in [-0.2, -0.15) is 0 Å². The van der Waals surface area contributed by atoms with Gasteiger partial charge in [-0.25, -0.2) is 0 Å². The molecule has 0 unspecified atom stereocenters. The first-order valence-electron chi connectivity index (χ1n) is 12.2. The molecule has 0 bridgehead atoms. The number of carbonyl (C=O) groups is 1. The molecule has 36 heavy (non-hydrogen) atoms. The molecule has 3 aromatic carbocycles. The third kappa shape index (κ3) is 5.54. The third-order valence-corrected chi connectivity index (χ3v) is 7.39. The number of H-pyrrole nitrogens is 1. The Balaban J connectivity index is 1.33. The zero-order valence-corrected chi connectivity index (χ0v) is 21.6. The number of nitrogens with one attached hydrogen (secondary N) is 2. The quantitative estimate of drug-likeness (QED) is 0.292. The van der Waals surface area contributed by atoms with Crippen LogP contribution in [0.5, 0.6) is 5.75 Å². The number of methoxy groups -OCH3 is 1. The van der Waals surface area contributed by atoms with E-state index >= 15 is 0 Å². The molecule has 1 amide bonds. The Labute approximate surface area is 221 Å². The lowest BCUT2D eigenvalue weighted by Crippen LogP contribution is -2.51. The van der Waals surface area contributed by atoms with Gasteiger partial charge in [0.1, 0.15) is 5.75 Å². The summed E-state index contributed by atoms with van der Waals surface area (Å²) >= 11 is 12.4. The van der Waals surface area contributed by atoms with Crippen molar-refractivity contribution in [3.8, 4) is 5.75 Å². The third-order valence-electron chi connectivity index (χ3n) is 6.96. The van der Waals surface area contributed by atoms with Crippen LogP contribution in [0.3, 0.4) is 0 Å². The van der Waals surface area contributed by atoms with Gasteiger partial charge in [-0.3, -0.25) is 4.79 Å². The first-order valence-corrected chi connectivity index (χ1v) is 12.9. The van der Waals surface area contributed by atoms with Crippen LogP contribution in [0, 0.1) is 0 Å². The van der Waals surface area contributed by atoms with Crippen molar-refractivity contribution >= 4 is 40.0 Å². The van der Waals surface area contributed by atoms with E-state index in [1.165, 1.54) is 11.1 Å². The summed E-state index contributed by atoms with van der Waals surface area (Å²) in [6, 6.07) is 21.8. The zero-order valence-electron chi connectivity index (χ0n) is 20.1. The summed E-state index contributed by atoms with van der Waals surface area (Å²) in [7, 11) is 1.69. The molecule has 7 heteroatoms. The van der Waals surface area contributed by atoms with E-state index in [0.29, 0.717) is 28.2 Å². The molecular formula is C29H29Cl2N3O2. The fourth-order valence-corrected chi connectivity index (χ4v) is 5.64. The normalized spacial score (nSPS) is 17.9. The van der Waals surface area contributed by atoms with E-state index in [1.807, 2.05) is 35.2 Å². The smallest absolute Gasteiger partial charge is 0.254 e. The number of aromatic amines is 1. The molecule has 0 spiro atoms. The number of ether oxygens (including phenoxy) is 1. The number of likely N-dealkylation sites (tertiary alicyclic amines) is 1. The summed E-state index contributed by atoms with van der Waals surface area (Å²) in [5.41, 5.74) is 4.05. The van der Waals surface area contributed by atoms with Crippen LogP contribution in [0.1, 0.15) is 34.3 Å². The molecule has 4 aromatic rings. The molecule has 186 valence electrons. The molecule has 2 N–H and O–H groups in total. The van der Waals surface area contributed by atoms with Gasteiger partial charge >= 0.3 is 0 Å². The minimum absolute atomic E-state index is 0.0255. The average Bonchev–Trinajstić information content (AvgIpc) is 3.29. The Morgan fingerprint density at radius 1 is 1.08 bits per heavy atom. The van der Waals surface area contributed by atoms with Crippen molar-refractivity contribution in [2.75, 3.05) is 13.7 Å². The van der Waals surface area contributed by atoms with Gasteiger partial charge in [0.15, 0.2) is 0 Å². The second-order valence-corrected chi connectivity index (χ2v) is 10.2. The maximum absolute atomic E-state index is 13.5. The van der Waals surface area contributed by atoms with Crippen molar-refractivity contribution < 1.29 is 9.53 Å². The lowest BCUT2D eigenvalue weighted by atomic mass is 9.91. The fraction of sp³-hybridized carbons (Fsp3) is 0.276. The van der Waals surface area contributed by atoms with Crippen LogP contribution in [0.25, 0.3) is 10.9 Å². The van der Waals surface area contributed by atoms with Gasteiger partial charge in [0.05, 0.1) is 7.11 Å². The topological polar surface area (TPSA) is 57.4 Å². The molecule has 0 saturated carbocycles. The zero-order chi connectivity index (χ0) is 25.1. The number of rotatable bonds is 7. The fourth-order valence-electron chi connectivity index (χ4n) is 5.11. The van der Waals surface area contributed by atoms with Gasteiger partial charge in [-0.15, -0.1) is 0 Å². The maximum atomic E-state index is 13.5. The molecule has 1 aromatic heterocycles. The van der Waals surface area contributed by atoms with Crippen LogP contribution >= 0.6 is 23.2 Å². The summed E-state index contributed by atoms with van der Waals surface area (Å²) in [4.78, 5) is 18.9. The van der Waals surface area contributed by atoms with Crippen molar-refractivity contribution in [3.05, 3.63) is 99.7 Å². The molecule has 1 saturated heterocycles. The van der Waals surface area contributed by atoms with E-state index in [4.69, 9.17) is 27.9 Å². The van der Waals surface area contributed by atoms with Gasteiger partial charge < -0.3 is 19.9 Å². The number of aromatic nitrogens is 1. The van der Waals surface area contributed by atoms with Gasteiger partial charge in [0, 0.05) is 57.9 Å². The second kappa shape index (κ2) is 11.0. The molecule has 1 fully saturated rings. The number of hydrogen-bond donors (Lipinski definition) is 2. The summed E-state index contributed by atoms with van der Waals surface area (Å²) in [6.07, 6.45) is 4.58. The highest BCUT2D eigenvalue weighted by molar-refractivity contribution is 6.35. The van der Waals surface area contributed by atoms with E-state index in [1.54, 1.807) is 25.3 Å². The van der Waals surface area contributed by atoms with E-state index in [-0.39, 0.29) is 11.9 Å². The number of halogens is 2. The van der Waals surface area contributed by atoms with E-state index in [0.717, 1.165) is 42.5 Å². The Morgan fingerprint density at radius 2 is 1.86 bits per heavy atom.